The molecule has 0 saturated carbocycles. The minimum Gasteiger partial charge on any atom is -0.336 e. The molecular weight excluding hydrogens is 260 g/mol. The van der Waals surface area contributed by atoms with Crippen molar-refractivity contribution in [2.75, 3.05) is 19.6 Å². The van der Waals surface area contributed by atoms with Crippen molar-refractivity contribution in [2.45, 2.75) is 46.6 Å². The number of nitrogens with one attached hydrogen (secondary N) is 1. The first-order valence-corrected chi connectivity index (χ1v) is 8.08. The number of benzene rings is 1. The van der Waals surface area contributed by atoms with Crippen LogP contribution in [0.5, 0.6) is 0 Å². The molecule has 2 rings (SSSR count). The van der Waals surface area contributed by atoms with E-state index in [2.05, 4.69) is 32.2 Å². The van der Waals surface area contributed by atoms with E-state index >= 15 is 0 Å². The second-order valence-electron chi connectivity index (χ2n) is 6.58. The molecule has 0 aliphatic carbocycles. The molecule has 1 aliphatic rings. The number of carbonyl (C=O) groups is 1. The van der Waals surface area contributed by atoms with Crippen LogP contribution in [0, 0.1) is 19.8 Å². The first-order chi connectivity index (χ1) is 9.99. The number of amides is 1. The molecule has 116 valence electrons. The Bertz CT molecular complexity index is 490. The molecule has 1 N–H and O–H groups in total. The minimum absolute atomic E-state index is 0.174. The van der Waals surface area contributed by atoms with E-state index in [1.807, 2.05) is 24.0 Å². The monoisotopic (exact) mass is 288 g/mol. The fourth-order valence-electron chi connectivity index (χ4n) is 3.09. The van der Waals surface area contributed by atoms with Crippen molar-refractivity contribution in [2.24, 2.45) is 5.92 Å². The second kappa shape index (κ2) is 7.08. The molecule has 1 saturated heterocycles. The lowest BCUT2D eigenvalue weighted by Gasteiger charge is -2.33. The summed E-state index contributed by atoms with van der Waals surface area (Å²) in [6.45, 7) is 11.3. The Hall–Kier alpha value is -1.35. The Labute approximate surface area is 128 Å². The molecule has 1 amide bonds. The largest absolute Gasteiger partial charge is 0.336 e. The van der Waals surface area contributed by atoms with Gasteiger partial charge in [0.1, 0.15) is 0 Å². The van der Waals surface area contributed by atoms with E-state index < -0.39 is 0 Å². The van der Waals surface area contributed by atoms with E-state index in [-0.39, 0.29) is 11.9 Å². The number of nitrogens with zero attached hydrogens (tertiary/aromatic N) is 1. The van der Waals surface area contributed by atoms with Crippen molar-refractivity contribution in [3.63, 3.8) is 0 Å². The van der Waals surface area contributed by atoms with Crippen molar-refractivity contribution in [1.82, 2.24) is 10.2 Å². The molecule has 3 nitrogen and oxygen atoms in total. The highest BCUT2D eigenvalue weighted by Gasteiger charge is 2.24. The molecule has 0 radical (unpaired) electrons. The van der Waals surface area contributed by atoms with Crippen LogP contribution in [0.4, 0.5) is 0 Å². The molecule has 0 aromatic heterocycles. The molecule has 1 atom stereocenters. The average molecular weight is 288 g/mol. The number of rotatable bonds is 4. The zero-order chi connectivity index (χ0) is 15.4. The summed E-state index contributed by atoms with van der Waals surface area (Å²) in [5.41, 5.74) is 3.13. The molecule has 1 aromatic rings. The Morgan fingerprint density at radius 1 is 1.38 bits per heavy atom. The first kappa shape index (κ1) is 16.0. The Morgan fingerprint density at radius 2 is 2.14 bits per heavy atom. The van der Waals surface area contributed by atoms with Gasteiger partial charge >= 0.3 is 0 Å². The maximum atomic E-state index is 12.9. The van der Waals surface area contributed by atoms with Crippen molar-refractivity contribution in [3.8, 4) is 0 Å². The third kappa shape index (κ3) is 4.07. The zero-order valence-electron chi connectivity index (χ0n) is 13.8. The van der Waals surface area contributed by atoms with Gasteiger partial charge in [-0.1, -0.05) is 17.7 Å². The molecule has 0 spiro atoms. The van der Waals surface area contributed by atoms with E-state index in [1.54, 1.807) is 0 Å². The normalized spacial score (nSPS) is 18.8. The second-order valence-corrected chi connectivity index (χ2v) is 6.58. The van der Waals surface area contributed by atoms with Crippen LogP contribution in [0.1, 0.15) is 48.2 Å². The summed E-state index contributed by atoms with van der Waals surface area (Å²) in [4.78, 5) is 14.9. The highest BCUT2D eigenvalue weighted by molar-refractivity contribution is 5.95. The molecule has 0 bridgehead atoms. The molecule has 3 heteroatoms. The van der Waals surface area contributed by atoms with Gasteiger partial charge < -0.3 is 10.2 Å². The molecule has 1 aliphatic heterocycles. The quantitative estimate of drug-likeness (QED) is 0.923. The van der Waals surface area contributed by atoms with Crippen LogP contribution in [-0.2, 0) is 0 Å². The number of hydrogen-bond donors (Lipinski definition) is 1. The zero-order valence-corrected chi connectivity index (χ0v) is 13.8. The van der Waals surface area contributed by atoms with E-state index in [1.165, 1.54) is 18.4 Å². The maximum absolute atomic E-state index is 12.9. The summed E-state index contributed by atoms with van der Waals surface area (Å²) in [5, 5.41) is 3.44. The van der Waals surface area contributed by atoms with Crippen LogP contribution in [0.25, 0.3) is 0 Å². The molecule has 1 unspecified atom stereocenters. The predicted molar refractivity (Wildman–Crippen MR) is 87.7 cm³/mol. The summed E-state index contributed by atoms with van der Waals surface area (Å²) in [6, 6.07) is 6.33. The Balaban J connectivity index is 2.14. The number of carbonyl (C=O) groups excluding carboxylic acids is 1. The van der Waals surface area contributed by atoms with Crippen LogP contribution in [-0.4, -0.2) is 36.5 Å². The summed E-state index contributed by atoms with van der Waals surface area (Å²) in [7, 11) is 0. The van der Waals surface area contributed by atoms with Gasteiger partial charge in [-0.3, -0.25) is 4.79 Å². The fraction of sp³-hybridized carbons (Fsp3) is 0.611. The van der Waals surface area contributed by atoms with Gasteiger partial charge in [0.2, 0.25) is 0 Å². The van der Waals surface area contributed by atoms with Crippen molar-refractivity contribution in [3.05, 3.63) is 34.9 Å². The SMILES string of the molecule is Cc1ccc(C(=O)N(CC2CCCNC2)C(C)C)c(C)c1. The molecule has 1 fully saturated rings. The average Bonchev–Trinajstić information content (AvgIpc) is 2.45. The van der Waals surface area contributed by atoms with Crippen LogP contribution in [0.3, 0.4) is 0 Å². The van der Waals surface area contributed by atoms with Gasteiger partial charge in [-0.25, -0.2) is 0 Å². The summed E-state index contributed by atoms with van der Waals surface area (Å²) < 4.78 is 0. The van der Waals surface area contributed by atoms with Crippen LogP contribution < -0.4 is 5.32 Å². The van der Waals surface area contributed by atoms with E-state index in [9.17, 15) is 4.79 Å². The molecule has 1 aromatic carbocycles. The lowest BCUT2D eigenvalue weighted by atomic mass is 9.97. The van der Waals surface area contributed by atoms with E-state index in [0.717, 1.165) is 30.8 Å². The van der Waals surface area contributed by atoms with Gasteiger partial charge in [0, 0.05) is 18.2 Å². The lowest BCUT2D eigenvalue weighted by Crippen LogP contribution is -2.44. The van der Waals surface area contributed by atoms with E-state index in [0.29, 0.717) is 5.92 Å². The first-order valence-electron chi connectivity index (χ1n) is 8.08. The summed E-state index contributed by atoms with van der Waals surface area (Å²) >= 11 is 0. The summed E-state index contributed by atoms with van der Waals surface area (Å²) in [6.07, 6.45) is 2.44. The van der Waals surface area contributed by atoms with Gasteiger partial charge in [0.05, 0.1) is 0 Å². The Morgan fingerprint density at radius 3 is 2.71 bits per heavy atom. The smallest absolute Gasteiger partial charge is 0.254 e. The highest BCUT2D eigenvalue weighted by atomic mass is 16.2. The third-order valence-electron chi connectivity index (χ3n) is 4.35. The third-order valence-corrected chi connectivity index (χ3v) is 4.35. The predicted octanol–water partition coefficient (Wildman–Crippen LogP) is 3.15. The number of hydrogen-bond acceptors (Lipinski definition) is 2. The topological polar surface area (TPSA) is 32.3 Å². The lowest BCUT2D eigenvalue weighted by molar-refractivity contribution is 0.0660. The van der Waals surface area contributed by atoms with Crippen LogP contribution in [0.15, 0.2) is 18.2 Å². The van der Waals surface area contributed by atoms with Gasteiger partial charge in [-0.15, -0.1) is 0 Å². The van der Waals surface area contributed by atoms with Crippen LogP contribution >= 0.6 is 0 Å². The van der Waals surface area contributed by atoms with Crippen LogP contribution in [0.2, 0.25) is 0 Å². The molecular formula is C18H28N2O. The standard InChI is InChI=1S/C18H28N2O/c1-13(2)20(12-16-6-5-9-19-11-16)18(21)17-8-7-14(3)10-15(17)4/h7-8,10,13,16,19H,5-6,9,11-12H2,1-4H3. The van der Waals surface area contributed by atoms with Crippen molar-refractivity contribution < 1.29 is 4.79 Å². The highest BCUT2D eigenvalue weighted by Crippen LogP contribution is 2.18. The Kier molecular flexibility index (Phi) is 5.40. The number of aryl methyl sites for hydroxylation is 2. The van der Waals surface area contributed by atoms with Crippen molar-refractivity contribution in [1.29, 1.82) is 0 Å². The minimum atomic E-state index is 0.174. The van der Waals surface area contributed by atoms with Gasteiger partial charge in [-0.05, 0) is 71.2 Å². The molecule has 21 heavy (non-hydrogen) atoms. The van der Waals surface area contributed by atoms with Crippen molar-refractivity contribution >= 4 is 5.91 Å². The van der Waals surface area contributed by atoms with Gasteiger partial charge in [0.25, 0.3) is 5.91 Å². The summed E-state index contributed by atoms with van der Waals surface area (Å²) in [5.74, 6) is 0.754. The fourth-order valence-corrected chi connectivity index (χ4v) is 3.09. The van der Waals surface area contributed by atoms with E-state index in [4.69, 9.17) is 0 Å². The van der Waals surface area contributed by atoms with Gasteiger partial charge in [0.15, 0.2) is 0 Å². The maximum Gasteiger partial charge on any atom is 0.254 e. The van der Waals surface area contributed by atoms with Gasteiger partial charge in [-0.2, -0.15) is 0 Å². The molecule has 1 heterocycles. The number of piperidine rings is 1.